The van der Waals surface area contributed by atoms with Crippen molar-refractivity contribution in [3.8, 4) is 0 Å². The highest BCUT2D eigenvalue weighted by atomic mass is 79.9. The lowest BCUT2D eigenvalue weighted by Crippen LogP contribution is -2.06. The summed E-state index contributed by atoms with van der Waals surface area (Å²) >= 11 is 3.14. The van der Waals surface area contributed by atoms with Crippen LogP contribution in [-0.4, -0.2) is 38.5 Å². The van der Waals surface area contributed by atoms with Crippen LogP contribution < -0.4 is 0 Å². The van der Waals surface area contributed by atoms with Crippen molar-refractivity contribution in [2.45, 2.75) is 13.0 Å². The second-order valence-corrected chi connectivity index (χ2v) is 4.91. The summed E-state index contributed by atoms with van der Waals surface area (Å²) in [6, 6.07) is 4.94. The predicted molar refractivity (Wildman–Crippen MR) is 77.8 cm³/mol. The van der Waals surface area contributed by atoms with Gasteiger partial charge in [-0.25, -0.2) is 0 Å². The maximum absolute atomic E-state index is 10.8. The average Bonchev–Trinajstić information content (AvgIpc) is 2.43. The average molecular weight is 348 g/mol. The summed E-state index contributed by atoms with van der Waals surface area (Å²) in [6.45, 7) is 2.61. The van der Waals surface area contributed by atoms with Gasteiger partial charge in [0.05, 0.1) is 29.2 Å². The lowest BCUT2D eigenvalue weighted by molar-refractivity contribution is -0.385. The highest BCUT2D eigenvalue weighted by molar-refractivity contribution is 9.10. The Hall–Kier alpha value is -1.02. The molecule has 0 fully saturated rings. The summed E-state index contributed by atoms with van der Waals surface area (Å²) in [5.74, 6) is 0. The maximum Gasteiger partial charge on any atom is 0.283 e. The van der Waals surface area contributed by atoms with E-state index in [-0.39, 0.29) is 5.69 Å². The number of nitro groups is 1. The summed E-state index contributed by atoms with van der Waals surface area (Å²) in [5, 5.41) is 10.8. The van der Waals surface area contributed by atoms with Crippen molar-refractivity contribution >= 4 is 21.6 Å². The number of hydrogen-bond donors (Lipinski definition) is 0. The largest absolute Gasteiger partial charge is 0.385 e. The van der Waals surface area contributed by atoms with Crippen LogP contribution in [0.4, 0.5) is 5.69 Å². The van der Waals surface area contributed by atoms with Gasteiger partial charge in [0.25, 0.3) is 5.69 Å². The molecule has 0 atom stereocenters. The van der Waals surface area contributed by atoms with Gasteiger partial charge in [-0.1, -0.05) is 6.07 Å². The molecule has 0 saturated heterocycles. The second kappa shape index (κ2) is 9.82. The number of benzene rings is 1. The van der Waals surface area contributed by atoms with Gasteiger partial charge >= 0.3 is 0 Å². The molecular weight excluding hydrogens is 330 g/mol. The fraction of sp³-hybridized carbons (Fsp3) is 0.538. The third kappa shape index (κ3) is 6.42. The highest BCUT2D eigenvalue weighted by Crippen LogP contribution is 2.25. The maximum atomic E-state index is 10.8. The molecule has 0 saturated carbocycles. The topological polar surface area (TPSA) is 70.8 Å². The summed E-state index contributed by atoms with van der Waals surface area (Å²) in [6.07, 6.45) is 0.857. The van der Waals surface area contributed by atoms with Crippen LogP contribution >= 0.6 is 15.9 Å². The minimum Gasteiger partial charge on any atom is -0.385 e. The summed E-state index contributed by atoms with van der Waals surface area (Å²) < 4.78 is 16.1. The van der Waals surface area contributed by atoms with Gasteiger partial charge in [0.1, 0.15) is 0 Å². The van der Waals surface area contributed by atoms with E-state index in [0.717, 1.165) is 12.0 Å². The van der Waals surface area contributed by atoms with Gasteiger partial charge in [-0.05, 0) is 34.0 Å². The molecule has 0 aliphatic carbocycles. The summed E-state index contributed by atoms with van der Waals surface area (Å²) in [4.78, 5) is 10.4. The zero-order valence-electron chi connectivity index (χ0n) is 11.3. The van der Waals surface area contributed by atoms with E-state index in [0.29, 0.717) is 37.5 Å². The lowest BCUT2D eigenvalue weighted by atomic mass is 10.2. The molecule has 1 aromatic rings. The van der Waals surface area contributed by atoms with Crippen LogP contribution in [0.5, 0.6) is 0 Å². The van der Waals surface area contributed by atoms with Crippen LogP contribution in [0.1, 0.15) is 12.0 Å². The zero-order chi connectivity index (χ0) is 14.8. The van der Waals surface area contributed by atoms with Crippen molar-refractivity contribution < 1.29 is 19.1 Å². The van der Waals surface area contributed by atoms with E-state index >= 15 is 0 Å². The summed E-state index contributed by atoms with van der Waals surface area (Å²) in [5.41, 5.74) is 0.807. The minimum atomic E-state index is -0.424. The molecule has 0 aliphatic rings. The number of methoxy groups -OCH3 is 1. The Kier molecular flexibility index (Phi) is 8.36. The number of nitro benzene ring substituents is 1. The zero-order valence-corrected chi connectivity index (χ0v) is 12.9. The fourth-order valence-electron chi connectivity index (χ4n) is 1.50. The molecule has 0 N–H and O–H groups in total. The Bertz CT molecular complexity index is 427. The van der Waals surface area contributed by atoms with Gasteiger partial charge in [0, 0.05) is 26.4 Å². The lowest BCUT2D eigenvalue weighted by Gasteiger charge is -2.06. The molecule has 1 aromatic carbocycles. The van der Waals surface area contributed by atoms with Gasteiger partial charge in [-0.3, -0.25) is 10.1 Å². The van der Waals surface area contributed by atoms with E-state index in [1.807, 2.05) is 0 Å². The van der Waals surface area contributed by atoms with Crippen LogP contribution in [0, 0.1) is 10.1 Å². The van der Waals surface area contributed by atoms with Gasteiger partial charge < -0.3 is 14.2 Å². The number of ether oxygens (including phenoxy) is 3. The monoisotopic (exact) mass is 347 g/mol. The van der Waals surface area contributed by atoms with Crippen LogP contribution in [0.3, 0.4) is 0 Å². The van der Waals surface area contributed by atoms with Crippen molar-refractivity contribution in [3.05, 3.63) is 38.3 Å². The first-order valence-electron chi connectivity index (χ1n) is 6.22. The molecule has 0 amide bonds. The van der Waals surface area contributed by atoms with Crippen LogP contribution in [0.15, 0.2) is 22.7 Å². The number of hydrogen-bond acceptors (Lipinski definition) is 5. The molecule has 0 heterocycles. The highest BCUT2D eigenvalue weighted by Gasteiger charge is 2.12. The quantitative estimate of drug-likeness (QED) is 0.369. The standard InChI is InChI=1S/C13H18BrNO5/c1-18-5-2-6-19-7-8-20-10-11-3-4-12(14)13(9-11)15(16)17/h3-4,9H,2,5-8,10H2,1H3. The molecule has 20 heavy (non-hydrogen) atoms. The van der Waals surface area contributed by atoms with E-state index < -0.39 is 4.92 Å². The van der Waals surface area contributed by atoms with E-state index in [4.69, 9.17) is 14.2 Å². The first kappa shape index (κ1) is 17.0. The molecule has 0 aromatic heterocycles. The van der Waals surface area contributed by atoms with Gasteiger partial charge in [-0.2, -0.15) is 0 Å². The van der Waals surface area contributed by atoms with Crippen molar-refractivity contribution in [3.63, 3.8) is 0 Å². The predicted octanol–water partition coefficient (Wildman–Crippen LogP) is 2.93. The van der Waals surface area contributed by atoms with Crippen molar-refractivity contribution in [2.75, 3.05) is 33.5 Å². The third-order valence-corrected chi connectivity index (χ3v) is 3.16. The van der Waals surface area contributed by atoms with E-state index in [9.17, 15) is 10.1 Å². The first-order valence-corrected chi connectivity index (χ1v) is 7.01. The minimum absolute atomic E-state index is 0.0434. The van der Waals surface area contributed by atoms with Gasteiger partial charge in [0.15, 0.2) is 0 Å². The van der Waals surface area contributed by atoms with Gasteiger partial charge in [-0.15, -0.1) is 0 Å². The number of halogens is 1. The Labute approximate surface area is 126 Å². The second-order valence-electron chi connectivity index (χ2n) is 4.05. The van der Waals surface area contributed by atoms with Crippen molar-refractivity contribution in [1.82, 2.24) is 0 Å². The Morgan fingerprint density at radius 1 is 1.20 bits per heavy atom. The summed E-state index contributed by atoms with van der Waals surface area (Å²) in [7, 11) is 1.65. The first-order chi connectivity index (χ1) is 9.65. The molecule has 0 radical (unpaired) electrons. The van der Waals surface area contributed by atoms with Crippen LogP contribution in [0.2, 0.25) is 0 Å². The van der Waals surface area contributed by atoms with Crippen LogP contribution in [-0.2, 0) is 20.8 Å². The van der Waals surface area contributed by atoms with Crippen molar-refractivity contribution in [1.29, 1.82) is 0 Å². The molecule has 0 bridgehead atoms. The molecule has 6 nitrogen and oxygen atoms in total. The van der Waals surface area contributed by atoms with E-state index in [1.165, 1.54) is 6.07 Å². The Morgan fingerprint density at radius 3 is 2.65 bits per heavy atom. The molecule has 7 heteroatoms. The molecular formula is C13H18BrNO5. The molecule has 112 valence electrons. The van der Waals surface area contributed by atoms with Gasteiger partial charge in [0.2, 0.25) is 0 Å². The third-order valence-electron chi connectivity index (χ3n) is 2.49. The van der Waals surface area contributed by atoms with E-state index in [2.05, 4.69) is 15.9 Å². The molecule has 1 rings (SSSR count). The smallest absolute Gasteiger partial charge is 0.283 e. The molecule has 0 unspecified atom stereocenters. The molecule has 0 aliphatic heterocycles. The van der Waals surface area contributed by atoms with Crippen molar-refractivity contribution in [2.24, 2.45) is 0 Å². The number of nitrogens with zero attached hydrogens (tertiary/aromatic N) is 1. The Morgan fingerprint density at radius 2 is 1.95 bits per heavy atom. The Balaban J connectivity index is 2.22. The number of rotatable bonds is 10. The SMILES string of the molecule is COCCCOCCOCc1ccc(Br)c([N+](=O)[O-])c1. The van der Waals surface area contributed by atoms with Crippen LogP contribution in [0.25, 0.3) is 0 Å². The van der Waals surface area contributed by atoms with E-state index in [1.54, 1.807) is 19.2 Å². The normalized spacial score (nSPS) is 10.7. The fourth-order valence-corrected chi connectivity index (χ4v) is 1.89. The molecule has 0 spiro atoms.